The highest BCUT2D eigenvalue weighted by Gasteiger charge is 2.30. The number of aromatic nitrogens is 1. The maximum Gasteiger partial charge on any atom is 0.322 e. The van der Waals surface area contributed by atoms with Gasteiger partial charge in [-0.05, 0) is 74.3 Å². The molecular formula is C24H32N6O2S2. The average Bonchev–Trinajstić information content (AvgIpc) is 3.57. The van der Waals surface area contributed by atoms with E-state index in [1.807, 2.05) is 40.1 Å². The van der Waals surface area contributed by atoms with Gasteiger partial charge in [0, 0.05) is 36.1 Å². The number of nitrogens with zero attached hydrogens (tertiary/aromatic N) is 3. The molecule has 182 valence electrons. The summed E-state index contributed by atoms with van der Waals surface area (Å²) in [5, 5.41) is 11.6. The Morgan fingerprint density at radius 3 is 2.71 bits per heavy atom. The predicted octanol–water partition coefficient (Wildman–Crippen LogP) is 3.70. The molecule has 34 heavy (non-hydrogen) atoms. The van der Waals surface area contributed by atoms with Crippen LogP contribution in [0, 0.1) is 0 Å². The molecule has 1 unspecified atom stereocenters. The summed E-state index contributed by atoms with van der Waals surface area (Å²) in [6.45, 7) is 6.26. The number of nitrogens with two attached hydrogens (primary N) is 1. The van der Waals surface area contributed by atoms with Gasteiger partial charge in [-0.1, -0.05) is 6.07 Å². The van der Waals surface area contributed by atoms with Gasteiger partial charge in [-0.15, -0.1) is 11.8 Å². The molecule has 0 bridgehead atoms. The number of likely N-dealkylation sites (tertiary alicyclic amines) is 1. The summed E-state index contributed by atoms with van der Waals surface area (Å²) in [7, 11) is 0. The van der Waals surface area contributed by atoms with E-state index in [0.29, 0.717) is 24.5 Å². The predicted molar refractivity (Wildman–Crippen MR) is 139 cm³/mol. The maximum atomic E-state index is 13.0. The molecule has 0 radical (unpaired) electrons. The maximum absolute atomic E-state index is 13.0. The first-order chi connectivity index (χ1) is 16.4. The highest BCUT2D eigenvalue weighted by molar-refractivity contribution is 8.02. The molecule has 1 atom stereocenters. The number of urea groups is 1. The van der Waals surface area contributed by atoms with Gasteiger partial charge in [-0.25, -0.2) is 4.79 Å². The first-order valence-corrected chi connectivity index (χ1v) is 13.6. The second kappa shape index (κ2) is 11.4. The van der Waals surface area contributed by atoms with Crippen molar-refractivity contribution in [3.05, 3.63) is 57.5 Å². The Kier molecular flexibility index (Phi) is 8.25. The summed E-state index contributed by atoms with van der Waals surface area (Å²) < 4.78 is 0. The Balaban J connectivity index is 1.37. The fourth-order valence-corrected chi connectivity index (χ4v) is 5.69. The van der Waals surface area contributed by atoms with E-state index in [4.69, 9.17) is 5.73 Å². The highest BCUT2D eigenvalue weighted by atomic mass is 32.2. The standard InChI is InChI=1S/C24H32N6O2S2/c1-24(25)17-34-16-21(24)28-22(31)20-6-5-18(13-26-20)14-30(11-4-10-29-8-2-3-9-29)23(32)27-19-7-12-33-15-19/h5-7,12-13,15-16H,2-4,8-11,14,17,25H2,1H3,(H,27,32)(H,28,31). The third kappa shape index (κ3) is 6.59. The summed E-state index contributed by atoms with van der Waals surface area (Å²) in [4.78, 5) is 34.2. The molecule has 3 amide bonds. The third-order valence-electron chi connectivity index (χ3n) is 6.04. The first kappa shape index (κ1) is 24.7. The second-order valence-corrected chi connectivity index (χ2v) is 10.7. The quantitative estimate of drug-likeness (QED) is 0.485. The van der Waals surface area contributed by atoms with Crippen molar-refractivity contribution in [2.45, 2.75) is 38.3 Å². The molecule has 4 rings (SSSR count). The van der Waals surface area contributed by atoms with Crippen molar-refractivity contribution in [1.82, 2.24) is 20.1 Å². The second-order valence-electron chi connectivity index (χ2n) is 9.03. The number of thioether (sulfide) groups is 1. The number of hydrogen-bond donors (Lipinski definition) is 3. The molecule has 2 aromatic rings. The fraction of sp³-hybridized carbons (Fsp3) is 0.458. The molecule has 0 saturated carbocycles. The minimum Gasteiger partial charge on any atom is -0.322 e. The summed E-state index contributed by atoms with van der Waals surface area (Å²) in [5.74, 6) is 0.449. The zero-order valence-electron chi connectivity index (χ0n) is 19.5. The van der Waals surface area contributed by atoms with E-state index in [1.165, 1.54) is 12.8 Å². The van der Waals surface area contributed by atoms with E-state index in [9.17, 15) is 9.59 Å². The number of thiophene rings is 1. The van der Waals surface area contributed by atoms with Crippen LogP contribution in [-0.4, -0.2) is 64.2 Å². The Bertz CT molecular complexity index is 1000. The van der Waals surface area contributed by atoms with Crippen molar-refractivity contribution in [2.24, 2.45) is 5.73 Å². The number of amides is 3. The zero-order chi connectivity index (χ0) is 24.0. The van der Waals surface area contributed by atoms with E-state index < -0.39 is 5.54 Å². The highest BCUT2D eigenvalue weighted by Crippen LogP contribution is 2.28. The molecule has 0 aliphatic carbocycles. The minimum atomic E-state index is -0.550. The molecule has 2 aliphatic rings. The average molecular weight is 501 g/mol. The molecule has 8 nitrogen and oxygen atoms in total. The van der Waals surface area contributed by atoms with Crippen LogP contribution in [0.4, 0.5) is 10.5 Å². The van der Waals surface area contributed by atoms with Gasteiger partial charge in [-0.2, -0.15) is 11.3 Å². The molecule has 0 spiro atoms. The van der Waals surface area contributed by atoms with E-state index in [-0.39, 0.29) is 11.9 Å². The van der Waals surface area contributed by atoms with Gasteiger partial charge < -0.3 is 26.2 Å². The van der Waals surface area contributed by atoms with E-state index >= 15 is 0 Å². The smallest absolute Gasteiger partial charge is 0.322 e. The molecule has 4 N–H and O–H groups in total. The lowest BCUT2D eigenvalue weighted by atomic mass is 10.0. The van der Waals surface area contributed by atoms with Crippen LogP contribution in [0.3, 0.4) is 0 Å². The Labute approximate surface area is 209 Å². The van der Waals surface area contributed by atoms with E-state index in [1.54, 1.807) is 35.4 Å². The number of anilines is 1. The monoisotopic (exact) mass is 500 g/mol. The third-order valence-corrected chi connectivity index (χ3v) is 7.89. The van der Waals surface area contributed by atoms with Gasteiger partial charge >= 0.3 is 6.03 Å². The van der Waals surface area contributed by atoms with Gasteiger partial charge in [0.1, 0.15) is 5.69 Å². The van der Waals surface area contributed by atoms with Gasteiger partial charge in [0.15, 0.2) is 0 Å². The normalized spacial score (nSPS) is 20.2. The molecular weight excluding hydrogens is 468 g/mol. The first-order valence-electron chi connectivity index (χ1n) is 11.6. The lowest BCUT2D eigenvalue weighted by Gasteiger charge is -2.24. The molecule has 4 heterocycles. The lowest BCUT2D eigenvalue weighted by Crippen LogP contribution is -2.45. The zero-order valence-corrected chi connectivity index (χ0v) is 21.1. The van der Waals surface area contributed by atoms with Gasteiger partial charge in [0.2, 0.25) is 0 Å². The van der Waals surface area contributed by atoms with Crippen LogP contribution in [0.15, 0.2) is 46.3 Å². The largest absolute Gasteiger partial charge is 0.322 e. The van der Waals surface area contributed by atoms with Crippen LogP contribution >= 0.6 is 23.1 Å². The number of rotatable bonds is 9. The minimum absolute atomic E-state index is 0.130. The van der Waals surface area contributed by atoms with Gasteiger partial charge in [-0.3, -0.25) is 9.78 Å². The van der Waals surface area contributed by atoms with E-state index in [2.05, 4.69) is 20.5 Å². The van der Waals surface area contributed by atoms with Crippen LogP contribution in [0.25, 0.3) is 0 Å². The summed E-state index contributed by atoms with van der Waals surface area (Å²) >= 11 is 3.13. The van der Waals surface area contributed by atoms with Crippen molar-refractivity contribution in [1.29, 1.82) is 0 Å². The van der Waals surface area contributed by atoms with Gasteiger partial charge in [0.25, 0.3) is 5.91 Å². The van der Waals surface area contributed by atoms with Crippen LogP contribution in [-0.2, 0) is 6.54 Å². The summed E-state index contributed by atoms with van der Waals surface area (Å²) in [5.41, 5.74) is 8.37. The Morgan fingerprint density at radius 1 is 1.24 bits per heavy atom. The van der Waals surface area contributed by atoms with Crippen LogP contribution in [0.5, 0.6) is 0 Å². The number of pyridine rings is 1. The number of hydrogen-bond acceptors (Lipinski definition) is 7. The number of nitrogens with one attached hydrogen (secondary N) is 2. The van der Waals surface area contributed by atoms with Crippen molar-refractivity contribution in [3.63, 3.8) is 0 Å². The topological polar surface area (TPSA) is 104 Å². The molecule has 0 aromatic carbocycles. The molecule has 10 heteroatoms. The number of carbonyl (C=O) groups excluding carboxylic acids is 2. The molecule has 1 saturated heterocycles. The van der Waals surface area contributed by atoms with Crippen LogP contribution < -0.4 is 16.4 Å². The van der Waals surface area contributed by atoms with Crippen molar-refractivity contribution >= 4 is 40.7 Å². The number of carbonyl (C=O) groups is 2. The van der Waals surface area contributed by atoms with Crippen molar-refractivity contribution in [3.8, 4) is 0 Å². The fourth-order valence-electron chi connectivity index (χ4n) is 4.02. The molecule has 2 aliphatic heterocycles. The van der Waals surface area contributed by atoms with Crippen molar-refractivity contribution in [2.75, 3.05) is 37.2 Å². The van der Waals surface area contributed by atoms with E-state index in [0.717, 1.165) is 43.1 Å². The van der Waals surface area contributed by atoms with Crippen LogP contribution in [0.2, 0.25) is 0 Å². The summed E-state index contributed by atoms with van der Waals surface area (Å²) in [6, 6.07) is 5.31. The van der Waals surface area contributed by atoms with Crippen molar-refractivity contribution < 1.29 is 9.59 Å². The summed E-state index contributed by atoms with van der Waals surface area (Å²) in [6.07, 6.45) is 5.10. The molecule has 2 aromatic heterocycles. The van der Waals surface area contributed by atoms with Gasteiger partial charge in [0.05, 0.1) is 11.2 Å². The lowest BCUT2D eigenvalue weighted by molar-refractivity contribution is 0.0956. The Morgan fingerprint density at radius 2 is 2.06 bits per heavy atom. The molecule has 1 fully saturated rings. The van der Waals surface area contributed by atoms with Crippen LogP contribution in [0.1, 0.15) is 42.2 Å². The Hall–Kier alpha value is -2.40. The SMILES string of the molecule is CC1(N)CSC=C1NC(=O)c1ccc(CN(CCCN2CCCC2)C(=O)Nc2ccsc2)cn1.